The molecule has 0 aromatic heterocycles. The van der Waals surface area contributed by atoms with Gasteiger partial charge in [-0.3, -0.25) is 4.79 Å². The van der Waals surface area contributed by atoms with Gasteiger partial charge in [-0.15, -0.1) is 0 Å². The highest BCUT2D eigenvalue weighted by atomic mass is 16.6. The molecule has 0 amide bonds. The van der Waals surface area contributed by atoms with Crippen LogP contribution in [0, 0.1) is 5.92 Å². The number of hydrogen-bond donors (Lipinski definition) is 1. The Balaban J connectivity index is 3.16. The van der Waals surface area contributed by atoms with E-state index in [1.54, 1.807) is 0 Å². The van der Waals surface area contributed by atoms with Crippen molar-refractivity contribution >= 4 is 5.97 Å². The number of rotatable bonds is 64. The van der Waals surface area contributed by atoms with Crippen molar-refractivity contribution in [3.05, 3.63) is 0 Å². The maximum absolute atomic E-state index is 11.6. The number of ether oxygens (including phenoxy) is 21. The molecule has 71 heavy (non-hydrogen) atoms. The summed E-state index contributed by atoms with van der Waals surface area (Å²) in [5, 5.41) is 8.61. The van der Waals surface area contributed by atoms with Crippen LogP contribution in [0.1, 0.15) is 27.2 Å². The number of hydrogen-bond acceptors (Lipinski definition) is 23. The lowest BCUT2D eigenvalue weighted by Gasteiger charge is -2.14. The van der Waals surface area contributed by atoms with E-state index in [2.05, 4.69) is 0 Å². The first-order valence-electron chi connectivity index (χ1n) is 25.5. The number of aliphatic hydroxyl groups excluding tert-OH is 1. The summed E-state index contributed by atoms with van der Waals surface area (Å²) in [7, 11) is 0. The minimum Gasteiger partial charge on any atom is -0.463 e. The van der Waals surface area contributed by atoms with Crippen LogP contribution in [-0.2, 0) is 104 Å². The molecule has 0 radical (unpaired) electrons. The standard InChI is InChI=1S/C48H96O23/c1-4-46(2)48(50)71-44-42-68-38-36-65-32-30-62-26-24-59-20-18-56-17-19-58-23-25-61-29-31-64-35-37-67-41-43-70-47(3)45-69-40-39-66-34-33-63-28-27-60-22-21-57-16-15-55-14-13-54-12-11-53-10-9-52-8-7-51-6-5-49/h46-47,49H,4-45H2,1-3H3. The van der Waals surface area contributed by atoms with Gasteiger partial charge >= 0.3 is 5.97 Å². The molecule has 0 heterocycles. The monoisotopic (exact) mass is 1040 g/mol. The van der Waals surface area contributed by atoms with E-state index in [-0.39, 0.29) is 31.2 Å². The SMILES string of the molecule is CCC(C)C(=O)OCCOCCOCCOCCOCCOCCOCCOCCOCCOCCOC(C)COCCOCCOCCOCCOCCOCCOCCOCCOCCOCCO. The van der Waals surface area contributed by atoms with Crippen LogP contribution < -0.4 is 0 Å². The van der Waals surface area contributed by atoms with Crippen molar-refractivity contribution < 1.29 is 109 Å². The Bertz CT molecular complexity index is 995. The van der Waals surface area contributed by atoms with Gasteiger partial charge < -0.3 is 105 Å². The van der Waals surface area contributed by atoms with E-state index in [1.807, 2.05) is 20.8 Å². The van der Waals surface area contributed by atoms with E-state index in [1.165, 1.54) is 0 Å². The van der Waals surface area contributed by atoms with E-state index in [4.69, 9.17) is 105 Å². The molecule has 0 saturated heterocycles. The second-order valence-corrected chi connectivity index (χ2v) is 15.0. The lowest BCUT2D eigenvalue weighted by Crippen LogP contribution is -2.21. The minimum absolute atomic E-state index is 0.0180. The number of esters is 1. The van der Waals surface area contributed by atoms with Gasteiger partial charge in [0.1, 0.15) is 6.61 Å². The van der Waals surface area contributed by atoms with Crippen LogP contribution >= 0.6 is 0 Å². The van der Waals surface area contributed by atoms with Crippen molar-refractivity contribution in [1.82, 2.24) is 0 Å². The van der Waals surface area contributed by atoms with E-state index in [9.17, 15) is 4.79 Å². The Morgan fingerprint density at radius 1 is 0.296 bits per heavy atom. The average Bonchev–Trinajstić information content (AvgIpc) is 3.38. The third kappa shape index (κ3) is 61.1. The Hall–Kier alpha value is -1.37. The molecule has 0 aliphatic heterocycles. The number of carbonyl (C=O) groups is 1. The molecule has 0 bridgehead atoms. The highest BCUT2D eigenvalue weighted by Gasteiger charge is 2.11. The van der Waals surface area contributed by atoms with E-state index in [0.29, 0.717) is 258 Å². The summed E-state index contributed by atoms with van der Waals surface area (Å²) in [6.45, 7) is 24.5. The van der Waals surface area contributed by atoms with Gasteiger partial charge in [-0.05, 0) is 13.3 Å². The number of aliphatic hydroxyl groups is 1. The number of carbonyl (C=O) groups excluding carboxylic acids is 1. The lowest BCUT2D eigenvalue weighted by atomic mass is 10.1. The Kier molecular flexibility index (Phi) is 61.7. The molecule has 0 aliphatic rings. The fraction of sp³-hybridized carbons (Fsp3) is 0.979. The van der Waals surface area contributed by atoms with Gasteiger partial charge in [0.2, 0.25) is 0 Å². The Morgan fingerprint density at radius 2 is 0.493 bits per heavy atom. The molecular formula is C48H96O23. The molecule has 2 atom stereocenters. The average molecular weight is 1040 g/mol. The van der Waals surface area contributed by atoms with Crippen molar-refractivity contribution in [3.63, 3.8) is 0 Å². The summed E-state index contributed by atoms with van der Waals surface area (Å²) in [5.74, 6) is -0.271. The normalized spacial score (nSPS) is 12.6. The van der Waals surface area contributed by atoms with Crippen molar-refractivity contribution in [2.24, 2.45) is 5.92 Å². The summed E-state index contributed by atoms with van der Waals surface area (Å²) in [4.78, 5) is 11.6. The van der Waals surface area contributed by atoms with Crippen LogP contribution in [0.5, 0.6) is 0 Å². The van der Waals surface area contributed by atoms with Crippen LogP contribution in [0.25, 0.3) is 0 Å². The highest BCUT2D eigenvalue weighted by molar-refractivity contribution is 5.71. The molecule has 0 aliphatic carbocycles. The third-order valence-corrected chi connectivity index (χ3v) is 9.03. The van der Waals surface area contributed by atoms with Gasteiger partial charge in [0, 0.05) is 0 Å². The fourth-order valence-electron chi connectivity index (χ4n) is 5.02. The smallest absolute Gasteiger partial charge is 0.308 e. The van der Waals surface area contributed by atoms with Gasteiger partial charge in [-0.2, -0.15) is 0 Å². The lowest BCUT2D eigenvalue weighted by molar-refractivity contribution is -0.149. The fourth-order valence-corrected chi connectivity index (χ4v) is 5.02. The zero-order chi connectivity index (χ0) is 51.3. The highest BCUT2D eigenvalue weighted by Crippen LogP contribution is 2.02. The summed E-state index contributed by atoms with van der Waals surface area (Å²) in [6, 6.07) is 0. The zero-order valence-corrected chi connectivity index (χ0v) is 43.8. The first kappa shape index (κ1) is 69.6. The van der Waals surface area contributed by atoms with Crippen molar-refractivity contribution in [2.45, 2.75) is 33.3 Å². The van der Waals surface area contributed by atoms with E-state index >= 15 is 0 Å². The molecule has 0 aromatic rings. The maximum atomic E-state index is 11.6. The van der Waals surface area contributed by atoms with Crippen LogP contribution in [0.15, 0.2) is 0 Å². The second kappa shape index (κ2) is 62.9. The quantitative estimate of drug-likeness (QED) is 0.0668. The van der Waals surface area contributed by atoms with Gasteiger partial charge in [0.15, 0.2) is 0 Å². The Labute approximate surface area is 424 Å². The summed E-state index contributed by atoms with van der Waals surface area (Å²) in [6.07, 6.45) is 0.710. The molecule has 0 saturated carbocycles. The summed E-state index contributed by atoms with van der Waals surface area (Å²) in [5.41, 5.74) is 0. The van der Waals surface area contributed by atoms with Gasteiger partial charge in [-0.1, -0.05) is 13.8 Å². The van der Waals surface area contributed by atoms with Crippen molar-refractivity contribution in [3.8, 4) is 0 Å². The second-order valence-electron chi connectivity index (χ2n) is 15.0. The van der Waals surface area contributed by atoms with Gasteiger partial charge in [0.05, 0.1) is 276 Å². The Morgan fingerprint density at radius 3 is 0.718 bits per heavy atom. The molecule has 23 nitrogen and oxygen atoms in total. The molecule has 23 heteroatoms. The van der Waals surface area contributed by atoms with Crippen LogP contribution in [0.3, 0.4) is 0 Å². The van der Waals surface area contributed by atoms with Crippen LogP contribution in [0.4, 0.5) is 0 Å². The molecule has 0 rings (SSSR count). The minimum atomic E-state index is -0.189. The van der Waals surface area contributed by atoms with Crippen molar-refractivity contribution in [2.75, 3.05) is 271 Å². The van der Waals surface area contributed by atoms with Gasteiger partial charge in [0.25, 0.3) is 0 Å². The van der Waals surface area contributed by atoms with Gasteiger partial charge in [-0.25, -0.2) is 0 Å². The predicted molar refractivity (Wildman–Crippen MR) is 258 cm³/mol. The molecule has 1 N–H and O–H groups in total. The zero-order valence-electron chi connectivity index (χ0n) is 43.8. The third-order valence-electron chi connectivity index (χ3n) is 9.03. The molecule has 0 spiro atoms. The first-order chi connectivity index (χ1) is 35.1. The van der Waals surface area contributed by atoms with Crippen LogP contribution in [-0.4, -0.2) is 288 Å². The van der Waals surface area contributed by atoms with E-state index in [0.717, 1.165) is 6.42 Å². The topological polar surface area (TPSA) is 231 Å². The first-order valence-corrected chi connectivity index (χ1v) is 25.5. The maximum Gasteiger partial charge on any atom is 0.308 e. The van der Waals surface area contributed by atoms with E-state index < -0.39 is 0 Å². The molecule has 0 aromatic carbocycles. The van der Waals surface area contributed by atoms with Crippen LogP contribution in [0.2, 0.25) is 0 Å². The molecule has 0 fully saturated rings. The summed E-state index contributed by atoms with van der Waals surface area (Å²) < 4.78 is 115. The molecule has 426 valence electrons. The molecule has 2 unspecified atom stereocenters. The summed E-state index contributed by atoms with van der Waals surface area (Å²) >= 11 is 0. The largest absolute Gasteiger partial charge is 0.463 e. The predicted octanol–water partition coefficient (Wildman–Crippen LogP) is 1.29. The van der Waals surface area contributed by atoms with Crippen molar-refractivity contribution in [1.29, 1.82) is 0 Å². The molecular weight excluding hydrogens is 945 g/mol.